The lowest BCUT2D eigenvalue weighted by atomic mass is 10.2. The molecule has 0 fully saturated rings. The molecule has 0 rings (SSSR count). The average molecular weight is 144 g/mol. The number of rotatable bonds is 5. The van der Waals surface area contributed by atoms with Crippen LogP contribution in [0, 0.1) is 0 Å². The highest BCUT2D eigenvalue weighted by molar-refractivity contribution is 4.87. The van der Waals surface area contributed by atoms with Crippen LogP contribution < -0.4 is 0 Å². The van der Waals surface area contributed by atoms with Crippen LogP contribution in [0.15, 0.2) is 12.2 Å². The van der Waals surface area contributed by atoms with Gasteiger partial charge in [0.25, 0.3) is 0 Å². The summed E-state index contributed by atoms with van der Waals surface area (Å²) in [6.07, 6.45) is 6.18. The van der Waals surface area contributed by atoms with Gasteiger partial charge in [-0.2, -0.15) is 0 Å². The molecule has 0 bridgehead atoms. The average Bonchev–Trinajstić information content (AvgIpc) is 1.98. The van der Waals surface area contributed by atoms with Crippen molar-refractivity contribution in [3.05, 3.63) is 12.2 Å². The summed E-state index contributed by atoms with van der Waals surface area (Å²) in [5, 5.41) is 17.2. The van der Waals surface area contributed by atoms with Gasteiger partial charge in [-0.1, -0.05) is 31.9 Å². The van der Waals surface area contributed by atoms with Crippen LogP contribution >= 0.6 is 0 Å². The second-order valence-corrected chi connectivity index (χ2v) is 2.32. The minimum atomic E-state index is -0.670. The molecule has 0 saturated carbocycles. The van der Waals surface area contributed by atoms with Crippen LogP contribution in [-0.2, 0) is 0 Å². The van der Waals surface area contributed by atoms with Gasteiger partial charge < -0.3 is 10.2 Å². The summed E-state index contributed by atoms with van der Waals surface area (Å²) in [5.41, 5.74) is 0. The molecule has 60 valence electrons. The second-order valence-electron chi connectivity index (χ2n) is 2.32. The molecule has 2 heteroatoms. The lowest BCUT2D eigenvalue weighted by Crippen LogP contribution is -2.06. The molecule has 0 amide bonds. The van der Waals surface area contributed by atoms with E-state index >= 15 is 0 Å². The van der Waals surface area contributed by atoms with E-state index in [1.807, 2.05) is 6.08 Å². The van der Waals surface area contributed by atoms with E-state index in [2.05, 4.69) is 6.92 Å². The highest BCUT2D eigenvalue weighted by atomic mass is 16.3. The van der Waals surface area contributed by atoms with Crippen molar-refractivity contribution in [2.45, 2.75) is 32.3 Å². The van der Waals surface area contributed by atoms with Crippen LogP contribution in [0.4, 0.5) is 0 Å². The Hall–Kier alpha value is -0.340. The van der Waals surface area contributed by atoms with Crippen LogP contribution in [0.3, 0.4) is 0 Å². The van der Waals surface area contributed by atoms with E-state index in [0.29, 0.717) is 0 Å². The zero-order chi connectivity index (χ0) is 7.82. The molecule has 0 aliphatic carbocycles. The Kier molecular flexibility index (Phi) is 6.55. The summed E-state index contributed by atoms with van der Waals surface area (Å²) in [6.45, 7) is 1.94. The Morgan fingerprint density at radius 3 is 2.70 bits per heavy atom. The maximum atomic E-state index is 8.82. The third kappa shape index (κ3) is 5.79. The highest BCUT2D eigenvalue weighted by Gasteiger charge is 1.91. The van der Waals surface area contributed by atoms with E-state index < -0.39 is 6.10 Å². The molecule has 0 aromatic rings. The fourth-order valence-electron chi connectivity index (χ4n) is 0.636. The molecular weight excluding hydrogens is 128 g/mol. The van der Waals surface area contributed by atoms with E-state index in [1.165, 1.54) is 6.42 Å². The first-order chi connectivity index (χ1) is 4.81. The smallest absolute Gasteiger partial charge is 0.0951 e. The van der Waals surface area contributed by atoms with Gasteiger partial charge in [0.1, 0.15) is 0 Å². The lowest BCUT2D eigenvalue weighted by molar-refractivity contribution is 0.131. The Labute approximate surface area is 62.2 Å². The summed E-state index contributed by atoms with van der Waals surface area (Å²) in [4.78, 5) is 0. The first-order valence-electron chi connectivity index (χ1n) is 3.76. The van der Waals surface area contributed by atoms with Gasteiger partial charge >= 0.3 is 0 Å². The predicted octanol–water partition coefficient (Wildman–Crippen LogP) is 1.09. The molecule has 1 atom stereocenters. The van der Waals surface area contributed by atoms with E-state index in [4.69, 9.17) is 10.2 Å². The monoisotopic (exact) mass is 144 g/mol. The van der Waals surface area contributed by atoms with Gasteiger partial charge in [-0.05, 0) is 6.42 Å². The van der Waals surface area contributed by atoms with Crippen LogP contribution in [0.1, 0.15) is 26.2 Å². The second kappa shape index (κ2) is 6.78. The van der Waals surface area contributed by atoms with E-state index in [9.17, 15) is 0 Å². The standard InChI is InChI=1S/C8H16O2/c1-2-3-4-5-6-8(10)7-9/h5-6,8-10H,2-4,7H2,1H3. The zero-order valence-electron chi connectivity index (χ0n) is 6.45. The summed E-state index contributed by atoms with van der Waals surface area (Å²) >= 11 is 0. The minimum Gasteiger partial charge on any atom is -0.393 e. The number of allylic oxidation sites excluding steroid dienone is 1. The Morgan fingerprint density at radius 1 is 1.50 bits per heavy atom. The Morgan fingerprint density at radius 2 is 2.20 bits per heavy atom. The molecule has 0 spiro atoms. The topological polar surface area (TPSA) is 40.5 Å². The molecule has 0 radical (unpaired) electrons. The largest absolute Gasteiger partial charge is 0.393 e. The van der Waals surface area contributed by atoms with Crippen molar-refractivity contribution in [1.29, 1.82) is 0 Å². The number of hydrogen-bond donors (Lipinski definition) is 2. The van der Waals surface area contributed by atoms with Gasteiger partial charge in [0, 0.05) is 0 Å². The van der Waals surface area contributed by atoms with Gasteiger partial charge in [-0.3, -0.25) is 0 Å². The van der Waals surface area contributed by atoms with Crippen molar-refractivity contribution < 1.29 is 10.2 Å². The van der Waals surface area contributed by atoms with Crippen molar-refractivity contribution >= 4 is 0 Å². The van der Waals surface area contributed by atoms with Crippen molar-refractivity contribution in [2.24, 2.45) is 0 Å². The van der Waals surface area contributed by atoms with Gasteiger partial charge in [0.05, 0.1) is 12.7 Å². The van der Waals surface area contributed by atoms with E-state index in [1.54, 1.807) is 6.08 Å². The molecule has 10 heavy (non-hydrogen) atoms. The van der Waals surface area contributed by atoms with Gasteiger partial charge in [0.15, 0.2) is 0 Å². The molecule has 0 aliphatic rings. The quantitative estimate of drug-likeness (QED) is 0.448. The fourth-order valence-corrected chi connectivity index (χ4v) is 0.636. The summed E-state index contributed by atoms with van der Waals surface area (Å²) in [7, 11) is 0. The maximum absolute atomic E-state index is 8.82. The van der Waals surface area contributed by atoms with E-state index in [0.717, 1.165) is 12.8 Å². The predicted molar refractivity (Wildman–Crippen MR) is 41.8 cm³/mol. The molecule has 0 aliphatic heterocycles. The SMILES string of the molecule is CCCCC=CC(O)CO. The van der Waals surface area contributed by atoms with E-state index in [-0.39, 0.29) is 6.61 Å². The Bertz CT molecular complexity index is 89.3. The number of hydrogen-bond acceptors (Lipinski definition) is 2. The molecule has 0 heterocycles. The number of aliphatic hydroxyl groups is 2. The molecule has 1 unspecified atom stereocenters. The van der Waals surface area contributed by atoms with Crippen LogP contribution in [0.5, 0.6) is 0 Å². The minimum absolute atomic E-state index is 0.178. The molecule has 2 N–H and O–H groups in total. The third-order valence-electron chi connectivity index (χ3n) is 1.27. The maximum Gasteiger partial charge on any atom is 0.0951 e. The van der Waals surface area contributed by atoms with Gasteiger partial charge in [-0.25, -0.2) is 0 Å². The van der Waals surface area contributed by atoms with Crippen molar-refractivity contribution in [2.75, 3.05) is 6.61 Å². The van der Waals surface area contributed by atoms with Crippen molar-refractivity contribution in [3.8, 4) is 0 Å². The van der Waals surface area contributed by atoms with Gasteiger partial charge in [-0.15, -0.1) is 0 Å². The first kappa shape index (κ1) is 9.66. The molecule has 0 aromatic heterocycles. The lowest BCUT2D eigenvalue weighted by Gasteiger charge is -1.97. The highest BCUT2D eigenvalue weighted by Crippen LogP contribution is 1.95. The first-order valence-corrected chi connectivity index (χ1v) is 3.76. The molecule has 0 aromatic carbocycles. The molecular formula is C8H16O2. The van der Waals surface area contributed by atoms with Crippen LogP contribution in [-0.4, -0.2) is 22.9 Å². The molecule has 0 saturated heterocycles. The van der Waals surface area contributed by atoms with Crippen LogP contribution in [0.2, 0.25) is 0 Å². The third-order valence-corrected chi connectivity index (χ3v) is 1.27. The summed E-state index contributed by atoms with van der Waals surface area (Å²) in [6, 6.07) is 0. The van der Waals surface area contributed by atoms with Crippen molar-refractivity contribution in [1.82, 2.24) is 0 Å². The zero-order valence-corrected chi connectivity index (χ0v) is 6.45. The summed E-state index contributed by atoms with van der Waals surface area (Å²) in [5.74, 6) is 0. The van der Waals surface area contributed by atoms with Crippen LogP contribution in [0.25, 0.3) is 0 Å². The molecule has 2 nitrogen and oxygen atoms in total. The number of aliphatic hydroxyl groups excluding tert-OH is 2. The Balaban J connectivity index is 3.18. The normalized spacial score (nSPS) is 14.3. The van der Waals surface area contributed by atoms with Crippen molar-refractivity contribution in [3.63, 3.8) is 0 Å². The summed E-state index contributed by atoms with van der Waals surface area (Å²) < 4.78 is 0. The fraction of sp³-hybridized carbons (Fsp3) is 0.750. The number of unbranched alkanes of at least 4 members (excludes halogenated alkanes) is 2. The van der Waals surface area contributed by atoms with Gasteiger partial charge in [0.2, 0.25) is 0 Å².